The van der Waals surface area contributed by atoms with Crippen molar-refractivity contribution >= 4 is 0 Å². The molecule has 0 amide bonds. The minimum atomic E-state index is -0.947. The molecule has 0 aromatic heterocycles. The molecule has 4 heteroatoms. The van der Waals surface area contributed by atoms with Crippen LogP contribution in [-0.4, -0.2) is 42.8 Å². The quantitative estimate of drug-likeness (QED) is 0.613. The summed E-state index contributed by atoms with van der Waals surface area (Å²) in [7, 11) is 0. The summed E-state index contributed by atoms with van der Waals surface area (Å²) in [6.07, 6.45) is 4.43. The van der Waals surface area contributed by atoms with Crippen LogP contribution in [0.3, 0.4) is 0 Å². The van der Waals surface area contributed by atoms with Gasteiger partial charge in [-0.2, -0.15) is 0 Å². The van der Waals surface area contributed by atoms with Crippen molar-refractivity contribution in [3.63, 3.8) is 0 Å². The van der Waals surface area contributed by atoms with E-state index < -0.39 is 44.1 Å². The molecule has 0 aromatic carbocycles. The van der Waals surface area contributed by atoms with E-state index in [4.69, 9.17) is 0 Å². The maximum atomic E-state index is 11.3. The molecule has 0 aromatic rings. The van der Waals surface area contributed by atoms with Crippen LogP contribution in [0.1, 0.15) is 93.9 Å². The molecule has 4 N–H and O–H groups in total. The Morgan fingerprint density at radius 2 is 0.500 bits per heavy atom. The molecule has 4 nitrogen and oxygen atoms in total. The molecule has 0 unspecified atom stereocenters. The molecule has 4 saturated carbocycles. The summed E-state index contributed by atoms with van der Waals surface area (Å²) in [5.74, 6) is 0. The average Bonchev–Trinajstić information content (AvgIpc) is 2.31. The van der Waals surface area contributed by atoms with Crippen LogP contribution in [0, 0.1) is 21.7 Å². The van der Waals surface area contributed by atoms with Crippen LogP contribution >= 0.6 is 0 Å². The van der Waals surface area contributed by atoms with Gasteiger partial charge in [-0.3, -0.25) is 0 Å². The van der Waals surface area contributed by atoms with E-state index in [1.807, 2.05) is 55.4 Å². The summed E-state index contributed by atoms with van der Waals surface area (Å²) in [5, 5.41) is 45.1. The zero-order valence-electron chi connectivity index (χ0n) is 18.0. The van der Waals surface area contributed by atoms with Crippen LogP contribution in [0.5, 0.6) is 0 Å². The van der Waals surface area contributed by atoms with Crippen LogP contribution in [0.4, 0.5) is 0 Å². The Morgan fingerprint density at radius 3 is 0.577 bits per heavy atom. The molecular formula is C22H40O4. The standard InChI is InChI=1S/C22H40O4/c1-15(2,23)19-9-20(16(3,4)24)12-21(10-19,17(5,6)25)14-22(11-19,13-20)18(7,8)26/h23-26H,9-14H2,1-8H3. The van der Waals surface area contributed by atoms with Gasteiger partial charge in [-0.05, 0) is 93.9 Å². The maximum Gasteiger partial charge on any atom is 0.0648 e. The molecule has 4 bridgehead atoms. The summed E-state index contributed by atoms with van der Waals surface area (Å²) in [6.45, 7) is 15.0. The van der Waals surface area contributed by atoms with Crippen molar-refractivity contribution in [2.75, 3.05) is 0 Å². The van der Waals surface area contributed by atoms with Crippen LogP contribution in [0.25, 0.3) is 0 Å². The van der Waals surface area contributed by atoms with Gasteiger partial charge in [0.1, 0.15) is 0 Å². The summed E-state index contributed by atoms with van der Waals surface area (Å²) in [5.41, 5.74) is -5.50. The van der Waals surface area contributed by atoms with E-state index in [1.165, 1.54) is 0 Å². The Labute approximate surface area is 159 Å². The van der Waals surface area contributed by atoms with Crippen LogP contribution in [-0.2, 0) is 0 Å². The van der Waals surface area contributed by atoms with Gasteiger partial charge >= 0.3 is 0 Å². The molecule has 4 fully saturated rings. The summed E-state index contributed by atoms with van der Waals surface area (Å²) in [6, 6.07) is 0. The first kappa shape index (κ1) is 20.6. The van der Waals surface area contributed by atoms with Gasteiger partial charge < -0.3 is 20.4 Å². The Kier molecular flexibility index (Phi) is 3.85. The van der Waals surface area contributed by atoms with E-state index >= 15 is 0 Å². The molecule has 26 heavy (non-hydrogen) atoms. The number of hydrogen-bond acceptors (Lipinski definition) is 4. The highest BCUT2D eigenvalue weighted by Crippen LogP contribution is 2.80. The van der Waals surface area contributed by atoms with Crippen molar-refractivity contribution in [1.29, 1.82) is 0 Å². The normalized spacial score (nSPS) is 43.8. The monoisotopic (exact) mass is 368 g/mol. The second kappa shape index (κ2) is 4.87. The average molecular weight is 369 g/mol. The summed E-state index contributed by atoms with van der Waals surface area (Å²) < 4.78 is 0. The Hall–Kier alpha value is -0.160. The zero-order valence-corrected chi connectivity index (χ0v) is 18.0. The van der Waals surface area contributed by atoms with E-state index in [2.05, 4.69) is 0 Å². The van der Waals surface area contributed by atoms with Crippen molar-refractivity contribution in [2.24, 2.45) is 21.7 Å². The molecule has 0 atom stereocenters. The fraction of sp³-hybridized carbons (Fsp3) is 1.00. The van der Waals surface area contributed by atoms with Gasteiger partial charge in [-0.1, -0.05) is 0 Å². The SMILES string of the molecule is CC(C)(O)C12CC3(C(C)(C)O)CC(C(C)(C)O)(C1)CC(C(C)(C)O)(C2)C3. The Balaban J connectivity index is 2.33. The highest BCUT2D eigenvalue weighted by Gasteiger charge is 2.77. The minimum Gasteiger partial charge on any atom is -0.390 e. The first-order valence-corrected chi connectivity index (χ1v) is 10.1. The lowest BCUT2D eigenvalue weighted by Crippen LogP contribution is -2.75. The smallest absolute Gasteiger partial charge is 0.0648 e. The highest BCUT2D eigenvalue weighted by molar-refractivity contribution is 5.27. The molecule has 4 aliphatic rings. The van der Waals surface area contributed by atoms with Gasteiger partial charge in [0, 0.05) is 21.7 Å². The largest absolute Gasteiger partial charge is 0.390 e. The highest BCUT2D eigenvalue weighted by atomic mass is 16.3. The fourth-order valence-corrected chi connectivity index (χ4v) is 7.23. The third kappa shape index (κ3) is 2.41. The predicted molar refractivity (Wildman–Crippen MR) is 103 cm³/mol. The lowest BCUT2D eigenvalue weighted by Gasteiger charge is -2.78. The molecule has 0 spiro atoms. The molecule has 0 heterocycles. The third-order valence-corrected chi connectivity index (χ3v) is 9.25. The van der Waals surface area contributed by atoms with Crippen LogP contribution in [0.2, 0.25) is 0 Å². The van der Waals surface area contributed by atoms with Gasteiger partial charge in [0.25, 0.3) is 0 Å². The van der Waals surface area contributed by atoms with E-state index in [0.717, 1.165) is 38.5 Å². The predicted octanol–water partition coefficient (Wildman–Crippen LogP) is 3.40. The lowest BCUT2D eigenvalue weighted by atomic mass is 9.28. The first-order chi connectivity index (χ1) is 11.2. The van der Waals surface area contributed by atoms with Gasteiger partial charge in [-0.25, -0.2) is 0 Å². The van der Waals surface area contributed by atoms with Gasteiger partial charge in [0.15, 0.2) is 0 Å². The second-order valence-corrected chi connectivity index (χ2v) is 12.4. The second-order valence-electron chi connectivity index (χ2n) is 12.4. The fourth-order valence-electron chi connectivity index (χ4n) is 7.23. The van der Waals surface area contributed by atoms with Gasteiger partial charge in [-0.15, -0.1) is 0 Å². The maximum absolute atomic E-state index is 11.3. The topological polar surface area (TPSA) is 80.9 Å². The number of rotatable bonds is 4. The molecule has 0 saturated heterocycles. The van der Waals surface area contributed by atoms with Gasteiger partial charge in [0.2, 0.25) is 0 Å². The van der Waals surface area contributed by atoms with E-state index in [1.54, 1.807) is 0 Å². The Bertz CT molecular complexity index is 450. The van der Waals surface area contributed by atoms with Crippen LogP contribution < -0.4 is 0 Å². The van der Waals surface area contributed by atoms with Gasteiger partial charge in [0.05, 0.1) is 22.4 Å². The van der Waals surface area contributed by atoms with Crippen LogP contribution in [0.15, 0.2) is 0 Å². The molecule has 0 aliphatic heterocycles. The summed E-state index contributed by atoms with van der Waals surface area (Å²) in [4.78, 5) is 0. The number of aliphatic hydroxyl groups is 4. The van der Waals surface area contributed by atoms with Crippen molar-refractivity contribution in [3.8, 4) is 0 Å². The lowest BCUT2D eigenvalue weighted by molar-refractivity contribution is -0.338. The number of hydrogen-bond donors (Lipinski definition) is 4. The van der Waals surface area contributed by atoms with Crippen molar-refractivity contribution in [2.45, 2.75) is 116 Å². The molecule has 4 aliphatic carbocycles. The van der Waals surface area contributed by atoms with E-state index in [9.17, 15) is 20.4 Å². The Morgan fingerprint density at radius 1 is 0.385 bits per heavy atom. The van der Waals surface area contributed by atoms with E-state index in [0.29, 0.717) is 0 Å². The zero-order chi connectivity index (χ0) is 20.2. The molecule has 4 rings (SSSR count). The van der Waals surface area contributed by atoms with Crippen molar-refractivity contribution in [1.82, 2.24) is 0 Å². The molecule has 152 valence electrons. The van der Waals surface area contributed by atoms with Crippen molar-refractivity contribution < 1.29 is 20.4 Å². The minimum absolute atomic E-state index is 0.429. The molecule has 0 radical (unpaired) electrons. The van der Waals surface area contributed by atoms with E-state index in [-0.39, 0.29) is 0 Å². The van der Waals surface area contributed by atoms with Crippen molar-refractivity contribution in [3.05, 3.63) is 0 Å². The first-order valence-electron chi connectivity index (χ1n) is 10.1. The molecular weight excluding hydrogens is 328 g/mol. The summed E-state index contributed by atoms with van der Waals surface area (Å²) >= 11 is 0. The third-order valence-electron chi connectivity index (χ3n) is 9.25.